The molecule has 0 aliphatic heterocycles. The zero-order valence-corrected chi connectivity index (χ0v) is 12.4. The standard InChI is InChI=1S/C14H17FN2O3S/c1-21-10-4-2-8(6-10)16-14(20)17-9-3-5-11(13(18)19)12(15)7-9/h3,5,7-8,10H,2,4,6H2,1H3,(H,18,19)(H2,16,17,20). The van der Waals surface area contributed by atoms with Crippen LogP contribution in [0.5, 0.6) is 0 Å². The SMILES string of the molecule is CSC1CCC(NC(=O)Nc2ccc(C(=O)O)c(F)c2)C1. The summed E-state index contributed by atoms with van der Waals surface area (Å²) in [7, 11) is 0. The average Bonchev–Trinajstić information content (AvgIpc) is 2.85. The maximum atomic E-state index is 13.5. The van der Waals surface area contributed by atoms with Crippen molar-refractivity contribution in [2.45, 2.75) is 30.6 Å². The van der Waals surface area contributed by atoms with Gasteiger partial charge in [-0.25, -0.2) is 14.0 Å². The van der Waals surface area contributed by atoms with Crippen LogP contribution in [0.2, 0.25) is 0 Å². The number of benzene rings is 1. The van der Waals surface area contributed by atoms with Crippen molar-refractivity contribution < 1.29 is 19.1 Å². The van der Waals surface area contributed by atoms with Gasteiger partial charge in [-0.1, -0.05) is 0 Å². The van der Waals surface area contributed by atoms with E-state index in [9.17, 15) is 14.0 Å². The molecule has 1 fully saturated rings. The van der Waals surface area contributed by atoms with Crippen LogP contribution >= 0.6 is 11.8 Å². The lowest BCUT2D eigenvalue weighted by molar-refractivity contribution is 0.0692. The molecule has 0 spiro atoms. The van der Waals surface area contributed by atoms with E-state index < -0.39 is 23.4 Å². The van der Waals surface area contributed by atoms with Crippen molar-refractivity contribution in [1.29, 1.82) is 0 Å². The van der Waals surface area contributed by atoms with E-state index >= 15 is 0 Å². The van der Waals surface area contributed by atoms with Crippen LogP contribution < -0.4 is 10.6 Å². The van der Waals surface area contributed by atoms with E-state index in [1.807, 2.05) is 0 Å². The molecule has 7 heteroatoms. The highest BCUT2D eigenvalue weighted by molar-refractivity contribution is 7.99. The van der Waals surface area contributed by atoms with Crippen LogP contribution in [0.1, 0.15) is 29.6 Å². The van der Waals surface area contributed by atoms with Crippen molar-refractivity contribution in [1.82, 2.24) is 5.32 Å². The minimum absolute atomic E-state index is 0.130. The Labute approximate surface area is 126 Å². The lowest BCUT2D eigenvalue weighted by atomic mass is 10.2. The molecular formula is C14H17FN2O3S. The van der Waals surface area contributed by atoms with Crippen molar-refractivity contribution in [2.75, 3.05) is 11.6 Å². The number of thioether (sulfide) groups is 1. The van der Waals surface area contributed by atoms with Crippen LogP contribution in [0.15, 0.2) is 18.2 Å². The summed E-state index contributed by atoms with van der Waals surface area (Å²) in [4.78, 5) is 22.5. The molecule has 1 aromatic rings. The molecule has 0 saturated heterocycles. The fraction of sp³-hybridized carbons (Fsp3) is 0.429. The molecule has 0 radical (unpaired) electrons. The maximum absolute atomic E-state index is 13.5. The number of carboxylic acid groups (broad SMARTS) is 1. The summed E-state index contributed by atoms with van der Waals surface area (Å²) in [5.41, 5.74) is -0.186. The van der Waals surface area contributed by atoms with Crippen LogP contribution in [0.3, 0.4) is 0 Å². The van der Waals surface area contributed by atoms with E-state index in [0.29, 0.717) is 5.25 Å². The fourth-order valence-electron chi connectivity index (χ4n) is 2.40. The first-order valence-corrected chi connectivity index (χ1v) is 7.91. The van der Waals surface area contributed by atoms with Gasteiger partial charge >= 0.3 is 12.0 Å². The quantitative estimate of drug-likeness (QED) is 0.799. The Hall–Kier alpha value is -1.76. The van der Waals surface area contributed by atoms with E-state index in [2.05, 4.69) is 16.9 Å². The number of hydrogen-bond acceptors (Lipinski definition) is 3. The van der Waals surface area contributed by atoms with E-state index in [1.165, 1.54) is 6.07 Å². The summed E-state index contributed by atoms with van der Waals surface area (Å²) in [5, 5.41) is 14.7. The number of urea groups is 1. The van der Waals surface area contributed by atoms with Gasteiger partial charge in [0.2, 0.25) is 0 Å². The summed E-state index contributed by atoms with van der Waals surface area (Å²) in [6.45, 7) is 0. The lowest BCUT2D eigenvalue weighted by Gasteiger charge is -2.14. The van der Waals surface area contributed by atoms with Crippen molar-refractivity contribution in [3.8, 4) is 0 Å². The number of amides is 2. The number of aromatic carboxylic acids is 1. The largest absolute Gasteiger partial charge is 0.478 e. The van der Waals surface area contributed by atoms with Crippen LogP contribution in [0.25, 0.3) is 0 Å². The minimum atomic E-state index is -1.34. The van der Waals surface area contributed by atoms with Gasteiger partial charge in [-0.2, -0.15) is 11.8 Å². The molecule has 21 heavy (non-hydrogen) atoms. The Morgan fingerprint density at radius 2 is 2.14 bits per heavy atom. The Bertz CT molecular complexity index is 553. The highest BCUT2D eigenvalue weighted by Gasteiger charge is 2.25. The molecule has 114 valence electrons. The van der Waals surface area contributed by atoms with Gasteiger partial charge in [0.15, 0.2) is 0 Å². The average molecular weight is 312 g/mol. The van der Waals surface area contributed by atoms with E-state index in [4.69, 9.17) is 5.11 Å². The topological polar surface area (TPSA) is 78.4 Å². The fourth-order valence-corrected chi connectivity index (χ4v) is 3.20. The first-order valence-electron chi connectivity index (χ1n) is 6.62. The molecule has 2 unspecified atom stereocenters. The molecule has 3 N–H and O–H groups in total. The summed E-state index contributed by atoms with van der Waals surface area (Å²) in [6, 6.07) is 3.23. The Balaban J connectivity index is 1.91. The molecule has 0 bridgehead atoms. The summed E-state index contributed by atoms with van der Waals surface area (Å²) < 4.78 is 13.5. The molecular weight excluding hydrogens is 295 g/mol. The lowest BCUT2D eigenvalue weighted by Crippen LogP contribution is -2.36. The van der Waals surface area contributed by atoms with Crippen molar-refractivity contribution in [3.63, 3.8) is 0 Å². The second kappa shape index (κ2) is 6.80. The smallest absolute Gasteiger partial charge is 0.338 e. The number of hydrogen-bond donors (Lipinski definition) is 3. The third-order valence-corrected chi connectivity index (χ3v) is 4.61. The van der Waals surface area contributed by atoms with Crippen molar-refractivity contribution >= 4 is 29.4 Å². The zero-order chi connectivity index (χ0) is 15.4. The molecule has 0 aromatic heterocycles. The van der Waals surface area contributed by atoms with E-state index in [1.54, 1.807) is 11.8 Å². The minimum Gasteiger partial charge on any atom is -0.478 e. The number of anilines is 1. The van der Waals surface area contributed by atoms with Crippen LogP contribution in [0, 0.1) is 5.82 Å². The highest BCUT2D eigenvalue weighted by atomic mass is 32.2. The van der Waals surface area contributed by atoms with Crippen LogP contribution in [-0.4, -0.2) is 34.7 Å². The first-order chi connectivity index (χ1) is 9.99. The molecule has 2 amide bonds. The van der Waals surface area contributed by atoms with Gasteiger partial charge < -0.3 is 15.7 Å². The normalized spacial score (nSPS) is 21.0. The van der Waals surface area contributed by atoms with E-state index in [-0.39, 0.29) is 11.7 Å². The third kappa shape index (κ3) is 4.10. The Morgan fingerprint density at radius 3 is 2.71 bits per heavy atom. The predicted molar refractivity (Wildman–Crippen MR) is 80.5 cm³/mol. The second-order valence-electron chi connectivity index (χ2n) is 4.97. The molecule has 1 saturated carbocycles. The van der Waals surface area contributed by atoms with Crippen LogP contribution in [0.4, 0.5) is 14.9 Å². The number of carboxylic acids is 1. The Morgan fingerprint density at radius 1 is 1.38 bits per heavy atom. The van der Waals surface area contributed by atoms with Gasteiger partial charge in [0.25, 0.3) is 0 Å². The molecule has 1 aromatic carbocycles. The zero-order valence-electron chi connectivity index (χ0n) is 11.6. The highest BCUT2D eigenvalue weighted by Crippen LogP contribution is 2.28. The number of nitrogens with one attached hydrogen (secondary N) is 2. The summed E-state index contributed by atoms with van der Waals surface area (Å²) in [6.07, 6.45) is 5.00. The molecule has 0 heterocycles. The number of carbonyl (C=O) groups excluding carboxylic acids is 1. The molecule has 5 nitrogen and oxygen atoms in total. The van der Waals surface area contributed by atoms with Gasteiger partial charge in [0.1, 0.15) is 5.82 Å². The number of rotatable bonds is 4. The maximum Gasteiger partial charge on any atom is 0.338 e. The second-order valence-corrected chi connectivity index (χ2v) is 6.10. The van der Waals surface area contributed by atoms with Crippen molar-refractivity contribution in [2.24, 2.45) is 0 Å². The van der Waals surface area contributed by atoms with Gasteiger partial charge in [-0.3, -0.25) is 0 Å². The van der Waals surface area contributed by atoms with E-state index in [0.717, 1.165) is 31.4 Å². The van der Waals surface area contributed by atoms with Crippen LogP contribution in [-0.2, 0) is 0 Å². The van der Waals surface area contributed by atoms with Crippen molar-refractivity contribution in [3.05, 3.63) is 29.6 Å². The number of carbonyl (C=O) groups is 2. The third-order valence-electron chi connectivity index (χ3n) is 3.51. The molecule has 1 aliphatic carbocycles. The molecule has 2 atom stereocenters. The molecule has 2 rings (SSSR count). The predicted octanol–water partition coefficient (Wildman–Crippen LogP) is 2.93. The monoisotopic (exact) mass is 312 g/mol. The summed E-state index contributed by atoms with van der Waals surface area (Å²) >= 11 is 1.80. The molecule has 1 aliphatic rings. The summed E-state index contributed by atoms with van der Waals surface area (Å²) in [5.74, 6) is -2.21. The number of halogens is 1. The Kier molecular flexibility index (Phi) is 5.06. The van der Waals surface area contributed by atoms with Gasteiger partial charge in [-0.15, -0.1) is 0 Å². The first kappa shape index (κ1) is 15.6. The van der Waals surface area contributed by atoms with Gasteiger partial charge in [0.05, 0.1) is 5.56 Å². The van der Waals surface area contributed by atoms with Gasteiger partial charge in [0, 0.05) is 17.0 Å². The van der Waals surface area contributed by atoms with Gasteiger partial charge in [-0.05, 0) is 43.7 Å².